The van der Waals surface area contributed by atoms with Crippen LogP contribution in [0.2, 0.25) is 0 Å². The maximum atomic E-state index is 7.09. The number of benzene rings is 1. The molecule has 0 aromatic heterocycles. The van der Waals surface area contributed by atoms with Gasteiger partial charge in [-0.15, -0.1) is 5.69 Å². The molecular weight excluding hydrogens is 98.1 g/mol. The van der Waals surface area contributed by atoms with Gasteiger partial charge < -0.3 is 5.73 Å². The van der Waals surface area contributed by atoms with Gasteiger partial charge in [-0.2, -0.15) is 0 Å². The highest BCUT2D eigenvalue weighted by molar-refractivity contribution is 5.43. The zero-order valence-corrected chi connectivity index (χ0v) is 4.81. The molecule has 0 fully saturated rings. The standard InChI is InChI=1S/C7H8N/c1-6-2-4-7(8)5-3-6/h2-5,8H,1H3/q-1. The highest BCUT2D eigenvalue weighted by Gasteiger charge is 1.75. The smallest absolute Gasteiger partial charge is 0.0398 e. The van der Waals surface area contributed by atoms with Crippen molar-refractivity contribution in [3.8, 4) is 0 Å². The van der Waals surface area contributed by atoms with Gasteiger partial charge in [0.2, 0.25) is 0 Å². The predicted molar refractivity (Wildman–Crippen MR) is 35.2 cm³/mol. The Labute approximate surface area is 49.1 Å². The first-order valence-corrected chi connectivity index (χ1v) is 2.57. The van der Waals surface area contributed by atoms with Crippen LogP contribution in [0.5, 0.6) is 0 Å². The molecule has 0 aliphatic heterocycles. The maximum absolute atomic E-state index is 7.09. The van der Waals surface area contributed by atoms with Crippen LogP contribution in [-0.4, -0.2) is 0 Å². The fraction of sp³-hybridized carbons (Fsp3) is 0.143. The van der Waals surface area contributed by atoms with Gasteiger partial charge in [0.25, 0.3) is 0 Å². The summed E-state index contributed by atoms with van der Waals surface area (Å²) in [6.45, 7) is 2.01. The number of aryl methyl sites for hydroxylation is 1. The number of hydrogen-bond donors (Lipinski definition) is 0. The van der Waals surface area contributed by atoms with E-state index >= 15 is 0 Å². The van der Waals surface area contributed by atoms with Crippen LogP contribution in [-0.2, 0) is 0 Å². The molecule has 8 heavy (non-hydrogen) atoms. The molecule has 42 valence electrons. The minimum Gasteiger partial charge on any atom is -0.699 e. The minimum absolute atomic E-state index is 0.579. The van der Waals surface area contributed by atoms with Crippen LogP contribution >= 0.6 is 0 Å². The molecular formula is C7H8N-. The second kappa shape index (κ2) is 1.86. The fourth-order valence-electron chi connectivity index (χ4n) is 0.554. The van der Waals surface area contributed by atoms with E-state index in [1.807, 2.05) is 19.1 Å². The molecule has 0 saturated carbocycles. The SMILES string of the molecule is Cc1ccc([NH-])cc1. The normalized spacial score (nSPS) is 9.12. The molecule has 0 amide bonds. The van der Waals surface area contributed by atoms with Crippen LogP contribution in [0.4, 0.5) is 5.69 Å². The highest BCUT2D eigenvalue weighted by atomic mass is 14.5. The third kappa shape index (κ3) is 0.997. The summed E-state index contributed by atoms with van der Waals surface area (Å²) in [6, 6.07) is 7.44. The Bertz CT molecular complexity index is 143. The molecule has 0 saturated heterocycles. The zero-order chi connectivity index (χ0) is 5.98. The molecule has 1 heteroatoms. The molecule has 0 atom stereocenters. The van der Waals surface area contributed by atoms with Crippen molar-refractivity contribution in [1.29, 1.82) is 0 Å². The third-order valence-electron chi connectivity index (χ3n) is 1.05. The first-order valence-electron chi connectivity index (χ1n) is 2.57. The van der Waals surface area contributed by atoms with E-state index in [9.17, 15) is 0 Å². The van der Waals surface area contributed by atoms with Crippen molar-refractivity contribution in [2.75, 3.05) is 0 Å². The fourth-order valence-corrected chi connectivity index (χ4v) is 0.554. The first kappa shape index (κ1) is 5.16. The molecule has 0 aliphatic carbocycles. The van der Waals surface area contributed by atoms with E-state index in [0.29, 0.717) is 5.69 Å². The van der Waals surface area contributed by atoms with Gasteiger partial charge in [-0.1, -0.05) is 29.8 Å². The maximum Gasteiger partial charge on any atom is -0.0398 e. The Balaban J connectivity index is 3.03. The lowest BCUT2D eigenvalue weighted by Crippen LogP contribution is -1.64. The summed E-state index contributed by atoms with van der Waals surface area (Å²) in [6.07, 6.45) is 0. The Morgan fingerprint density at radius 2 is 1.62 bits per heavy atom. The van der Waals surface area contributed by atoms with Crippen LogP contribution in [0.3, 0.4) is 0 Å². The van der Waals surface area contributed by atoms with Crippen molar-refractivity contribution in [2.45, 2.75) is 6.92 Å². The van der Waals surface area contributed by atoms with Gasteiger partial charge in [0.1, 0.15) is 0 Å². The molecule has 1 nitrogen and oxygen atoms in total. The van der Waals surface area contributed by atoms with Gasteiger partial charge >= 0.3 is 0 Å². The Morgan fingerprint density at radius 3 is 2.00 bits per heavy atom. The lowest BCUT2D eigenvalue weighted by molar-refractivity contribution is 1.48. The number of hydrogen-bond acceptors (Lipinski definition) is 0. The van der Waals surface area contributed by atoms with Crippen molar-refractivity contribution in [1.82, 2.24) is 0 Å². The van der Waals surface area contributed by atoms with Gasteiger partial charge in [-0.05, 0) is 6.92 Å². The van der Waals surface area contributed by atoms with E-state index in [1.54, 1.807) is 12.1 Å². The molecule has 0 unspecified atom stereocenters. The minimum atomic E-state index is 0.579. The topological polar surface area (TPSA) is 23.8 Å². The summed E-state index contributed by atoms with van der Waals surface area (Å²) in [5.74, 6) is 0. The van der Waals surface area contributed by atoms with E-state index in [4.69, 9.17) is 5.73 Å². The summed E-state index contributed by atoms with van der Waals surface area (Å²) in [4.78, 5) is 0. The van der Waals surface area contributed by atoms with E-state index in [2.05, 4.69) is 0 Å². The summed E-state index contributed by atoms with van der Waals surface area (Å²) in [5, 5.41) is 0. The number of rotatable bonds is 0. The van der Waals surface area contributed by atoms with Gasteiger partial charge in [0, 0.05) is 0 Å². The average Bonchev–Trinajstić information content (AvgIpc) is 1.77. The van der Waals surface area contributed by atoms with Gasteiger partial charge in [0.15, 0.2) is 0 Å². The Kier molecular flexibility index (Phi) is 1.20. The summed E-state index contributed by atoms with van der Waals surface area (Å²) >= 11 is 0. The second-order valence-electron chi connectivity index (χ2n) is 1.87. The van der Waals surface area contributed by atoms with Crippen molar-refractivity contribution in [3.05, 3.63) is 35.6 Å². The van der Waals surface area contributed by atoms with E-state index in [0.717, 1.165) is 0 Å². The van der Waals surface area contributed by atoms with E-state index in [1.165, 1.54) is 5.56 Å². The van der Waals surface area contributed by atoms with Crippen LogP contribution in [0, 0.1) is 6.92 Å². The average molecular weight is 106 g/mol. The summed E-state index contributed by atoms with van der Waals surface area (Å²) in [7, 11) is 0. The summed E-state index contributed by atoms with van der Waals surface area (Å²) in [5.41, 5.74) is 8.88. The van der Waals surface area contributed by atoms with E-state index < -0.39 is 0 Å². The van der Waals surface area contributed by atoms with E-state index in [-0.39, 0.29) is 0 Å². The lowest BCUT2D eigenvalue weighted by atomic mass is 10.2. The lowest BCUT2D eigenvalue weighted by Gasteiger charge is -1.99. The molecule has 1 rings (SSSR count). The molecule has 0 aliphatic rings. The monoisotopic (exact) mass is 106 g/mol. The quantitative estimate of drug-likeness (QED) is 0.485. The predicted octanol–water partition coefficient (Wildman–Crippen LogP) is 2.68. The van der Waals surface area contributed by atoms with Crippen LogP contribution in [0.1, 0.15) is 5.56 Å². The van der Waals surface area contributed by atoms with Crippen molar-refractivity contribution < 1.29 is 0 Å². The van der Waals surface area contributed by atoms with Crippen LogP contribution < -0.4 is 0 Å². The largest absolute Gasteiger partial charge is 0.699 e. The highest BCUT2D eigenvalue weighted by Crippen LogP contribution is 2.09. The van der Waals surface area contributed by atoms with Gasteiger partial charge in [-0.3, -0.25) is 0 Å². The molecule has 1 aromatic rings. The summed E-state index contributed by atoms with van der Waals surface area (Å²) < 4.78 is 0. The van der Waals surface area contributed by atoms with Crippen LogP contribution in [0.15, 0.2) is 24.3 Å². The van der Waals surface area contributed by atoms with Gasteiger partial charge in [0.05, 0.1) is 0 Å². The van der Waals surface area contributed by atoms with Crippen LogP contribution in [0.25, 0.3) is 5.73 Å². The molecule has 0 bridgehead atoms. The van der Waals surface area contributed by atoms with Crippen molar-refractivity contribution in [2.24, 2.45) is 0 Å². The Hall–Kier alpha value is -0.980. The molecule has 0 heterocycles. The number of nitrogens with one attached hydrogen (secondary N) is 1. The van der Waals surface area contributed by atoms with Gasteiger partial charge in [-0.25, -0.2) is 0 Å². The molecule has 0 spiro atoms. The second-order valence-corrected chi connectivity index (χ2v) is 1.87. The van der Waals surface area contributed by atoms with Crippen molar-refractivity contribution >= 4 is 5.69 Å². The zero-order valence-electron chi connectivity index (χ0n) is 4.81. The molecule has 1 aromatic carbocycles. The van der Waals surface area contributed by atoms with Crippen molar-refractivity contribution in [3.63, 3.8) is 0 Å². The third-order valence-corrected chi connectivity index (χ3v) is 1.05. The molecule has 1 N–H and O–H groups in total. The Morgan fingerprint density at radius 1 is 1.12 bits per heavy atom. The first-order chi connectivity index (χ1) is 3.79. The molecule has 0 radical (unpaired) electrons.